The van der Waals surface area contributed by atoms with E-state index in [0.717, 1.165) is 5.56 Å². The lowest BCUT2D eigenvalue weighted by Crippen LogP contribution is -2.27. The molecule has 1 aromatic heterocycles. The van der Waals surface area contributed by atoms with E-state index in [9.17, 15) is 4.79 Å². The first-order valence-corrected chi connectivity index (χ1v) is 7.96. The Hall–Kier alpha value is -2.02. The number of rotatable bonds is 5. The summed E-state index contributed by atoms with van der Waals surface area (Å²) in [7, 11) is 0. The molecule has 21 heavy (non-hydrogen) atoms. The first-order chi connectivity index (χ1) is 10.3. The average molecular weight is 305 g/mol. The molecule has 0 saturated carbocycles. The Bertz CT molecular complexity index is 617. The van der Waals surface area contributed by atoms with Gasteiger partial charge in [-0.25, -0.2) is 4.79 Å². The zero-order valence-electron chi connectivity index (χ0n) is 11.6. The molecular formula is C14H15N3O3S. The van der Waals surface area contributed by atoms with Crippen LogP contribution in [0.5, 0.6) is 0 Å². The number of carbonyl (C=O) groups excluding carboxylic acids is 1. The normalized spacial score (nSPS) is 18.0. The van der Waals surface area contributed by atoms with Crippen LogP contribution >= 0.6 is 11.8 Å². The van der Waals surface area contributed by atoms with E-state index in [0.29, 0.717) is 24.1 Å². The Morgan fingerprint density at radius 3 is 2.95 bits per heavy atom. The minimum Gasteiger partial charge on any atom is -0.447 e. The predicted molar refractivity (Wildman–Crippen MR) is 77.6 cm³/mol. The minimum atomic E-state index is -0.353. The summed E-state index contributed by atoms with van der Waals surface area (Å²) < 4.78 is 10.3. The molecule has 1 amide bonds. The molecule has 0 N–H and O–H groups in total. The highest BCUT2D eigenvalue weighted by molar-refractivity contribution is 7.97. The third-order valence-corrected chi connectivity index (χ3v) is 3.80. The van der Waals surface area contributed by atoms with Crippen LogP contribution in [0.4, 0.5) is 4.79 Å². The number of hydrogen-bond donors (Lipinski definition) is 0. The third kappa shape index (κ3) is 3.02. The summed E-state index contributed by atoms with van der Waals surface area (Å²) in [6.45, 7) is 0.606. The van der Waals surface area contributed by atoms with Gasteiger partial charge in [-0.05, 0) is 11.8 Å². The highest BCUT2D eigenvalue weighted by Gasteiger charge is 2.35. The van der Waals surface area contributed by atoms with Gasteiger partial charge in [-0.2, -0.15) is 16.7 Å². The lowest BCUT2D eigenvalue weighted by molar-refractivity contribution is 0.152. The topological polar surface area (TPSA) is 68.5 Å². The molecule has 7 heteroatoms. The second-order valence-electron chi connectivity index (χ2n) is 4.67. The van der Waals surface area contributed by atoms with Gasteiger partial charge in [0, 0.05) is 0 Å². The second kappa shape index (κ2) is 6.17. The van der Waals surface area contributed by atoms with Crippen molar-refractivity contribution in [2.24, 2.45) is 0 Å². The van der Waals surface area contributed by atoms with Crippen molar-refractivity contribution in [2.45, 2.75) is 18.3 Å². The van der Waals surface area contributed by atoms with Crippen molar-refractivity contribution in [3.63, 3.8) is 0 Å². The van der Waals surface area contributed by atoms with E-state index in [2.05, 4.69) is 10.1 Å². The number of carbonyl (C=O) groups is 1. The van der Waals surface area contributed by atoms with Gasteiger partial charge in [0.05, 0.1) is 11.8 Å². The molecule has 1 atom stereocenters. The van der Waals surface area contributed by atoms with E-state index in [-0.39, 0.29) is 18.7 Å². The van der Waals surface area contributed by atoms with Crippen molar-refractivity contribution in [3.05, 3.63) is 47.6 Å². The summed E-state index contributed by atoms with van der Waals surface area (Å²) >= 11 is 1.62. The molecule has 0 spiro atoms. The van der Waals surface area contributed by atoms with Gasteiger partial charge in [0.2, 0.25) is 5.89 Å². The van der Waals surface area contributed by atoms with Gasteiger partial charge in [0.25, 0.3) is 0 Å². The van der Waals surface area contributed by atoms with Gasteiger partial charge in [0.1, 0.15) is 13.2 Å². The number of hydrogen-bond acceptors (Lipinski definition) is 6. The van der Waals surface area contributed by atoms with Gasteiger partial charge < -0.3 is 9.26 Å². The average Bonchev–Trinajstić information content (AvgIpc) is 3.09. The standard InChI is InChI=1S/C14H15N3O3S/c1-21-9-12-15-13(20-16-12)7-17-11(8-19-14(17)18)10-5-3-2-4-6-10/h2-6,11H,7-9H2,1H3/t11-/m1/s1. The number of benzene rings is 1. The molecule has 0 radical (unpaired) electrons. The van der Waals surface area contributed by atoms with Gasteiger partial charge in [-0.1, -0.05) is 35.5 Å². The number of ether oxygens (including phenoxy) is 1. The van der Waals surface area contributed by atoms with Gasteiger partial charge in [-0.3, -0.25) is 4.90 Å². The van der Waals surface area contributed by atoms with Crippen molar-refractivity contribution < 1.29 is 14.1 Å². The number of thioether (sulfide) groups is 1. The number of amides is 1. The summed E-state index contributed by atoms with van der Waals surface area (Å²) in [6.07, 6.45) is 1.62. The monoisotopic (exact) mass is 305 g/mol. The first-order valence-electron chi connectivity index (χ1n) is 6.56. The molecular weight excluding hydrogens is 290 g/mol. The molecule has 6 nitrogen and oxygen atoms in total. The van der Waals surface area contributed by atoms with Crippen LogP contribution in [0.25, 0.3) is 0 Å². The number of nitrogens with zero attached hydrogens (tertiary/aromatic N) is 3. The summed E-state index contributed by atoms with van der Waals surface area (Å²) in [6, 6.07) is 9.67. The van der Waals surface area contributed by atoms with Crippen LogP contribution < -0.4 is 0 Å². The molecule has 0 aliphatic carbocycles. The molecule has 1 aliphatic rings. The summed E-state index contributed by atoms with van der Waals surface area (Å²) in [4.78, 5) is 17.8. The van der Waals surface area contributed by atoms with Crippen molar-refractivity contribution in [1.82, 2.24) is 15.0 Å². The molecule has 2 aromatic rings. The molecule has 1 aromatic carbocycles. The number of cyclic esters (lactones) is 1. The van der Waals surface area contributed by atoms with E-state index in [1.165, 1.54) is 0 Å². The second-order valence-corrected chi connectivity index (χ2v) is 5.53. The maximum atomic E-state index is 11.9. The SMILES string of the molecule is CSCc1noc(CN2C(=O)OC[C@@H]2c2ccccc2)n1. The van der Waals surface area contributed by atoms with Crippen molar-refractivity contribution in [3.8, 4) is 0 Å². The van der Waals surface area contributed by atoms with Gasteiger partial charge >= 0.3 is 6.09 Å². The van der Waals surface area contributed by atoms with Crippen LogP contribution in [0, 0.1) is 0 Å². The van der Waals surface area contributed by atoms with Crippen molar-refractivity contribution in [2.75, 3.05) is 12.9 Å². The summed E-state index contributed by atoms with van der Waals surface area (Å²) in [5.41, 5.74) is 1.03. The van der Waals surface area contributed by atoms with E-state index in [1.807, 2.05) is 36.6 Å². The smallest absolute Gasteiger partial charge is 0.410 e. The highest BCUT2D eigenvalue weighted by Crippen LogP contribution is 2.28. The summed E-state index contributed by atoms with van der Waals surface area (Å²) in [5, 5.41) is 3.89. The molecule has 2 heterocycles. The first kappa shape index (κ1) is 13.9. The molecule has 1 fully saturated rings. The zero-order valence-corrected chi connectivity index (χ0v) is 12.4. The molecule has 1 aliphatic heterocycles. The third-order valence-electron chi connectivity index (χ3n) is 3.25. The van der Waals surface area contributed by atoms with Crippen LogP contribution in [0.3, 0.4) is 0 Å². The lowest BCUT2D eigenvalue weighted by atomic mass is 10.1. The molecule has 110 valence electrons. The number of aromatic nitrogens is 2. The van der Waals surface area contributed by atoms with Crippen LogP contribution in [0.15, 0.2) is 34.9 Å². The van der Waals surface area contributed by atoms with E-state index in [4.69, 9.17) is 9.26 Å². The quantitative estimate of drug-likeness (QED) is 0.846. The largest absolute Gasteiger partial charge is 0.447 e. The molecule has 3 rings (SSSR count). The Kier molecular flexibility index (Phi) is 4.10. The Morgan fingerprint density at radius 1 is 1.38 bits per heavy atom. The van der Waals surface area contributed by atoms with Crippen LogP contribution in [-0.2, 0) is 17.0 Å². The fraction of sp³-hybridized carbons (Fsp3) is 0.357. The fourth-order valence-corrected chi connectivity index (χ4v) is 2.64. The maximum absolute atomic E-state index is 11.9. The Labute approximate surface area is 126 Å². The van der Waals surface area contributed by atoms with E-state index in [1.54, 1.807) is 16.7 Å². The Morgan fingerprint density at radius 2 is 2.19 bits per heavy atom. The molecule has 1 saturated heterocycles. The van der Waals surface area contributed by atoms with E-state index < -0.39 is 0 Å². The van der Waals surface area contributed by atoms with Crippen molar-refractivity contribution >= 4 is 17.9 Å². The predicted octanol–water partition coefficient (Wildman–Crippen LogP) is 2.63. The highest BCUT2D eigenvalue weighted by atomic mass is 32.2. The summed E-state index contributed by atoms with van der Waals surface area (Å²) in [5.74, 6) is 1.76. The van der Waals surface area contributed by atoms with Crippen LogP contribution in [-0.4, -0.2) is 34.0 Å². The lowest BCUT2D eigenvalue weighted by Gasteiger charge is -2.19. The van der Waals surface area contributed by atoms with E-state index >= 15 is 0 Å². The minimum absolute atomic E-state index is 0.116. The fourth-order valence-electron chi connectivity index (χ4n) is 2.26. The Balaban J connectivity index is 1.76. The molecule has 0 bridgehead atoms. The maximum Gasteiger partial charge on any atom is 0.410 e. The van der Waals surface area contributed by atoms with Crippen LogP contribution in [0.1, 0.15) is 23.3 Å². The van der Waals surface area contributed by atoms with Gasteiger partial charge in [0.15, 0.2) is 5.82 Å². The molecule has 0 unspecified atom stereocenters. The van der Waals surface area contributed by atoms with Crippen LogP contribution in [0.2, 0.25) is 0 Å². The van der Waals surface area contributed by atoms with Gasteiger partial charge in [-0.15, -0.1) is 0 Å². The van der Waals surface area contributed by atoms with Crippen molar-refractivity contribution in [1.29, 1.82) is 0 Å². The zero-order chi connectivity index (χ0) is 14.7.